The van der Waals surface area contributed by atoms with Crippen LogP contribution >= 0.6 is 0 Å². The van der Waals surface area contributed by atoms with Gasteiger partial charge in [-0.05, 0) is 182 Å². The van der Waals surface area contributed by atoms with Crippen LogP contribution in [0.4, 0.5) is 78.3 Å². The Hall–Kier alpha value is -13.7. The molecule has 2 aromatic heterocycles. The number of carbonyl (C=O) groups excluding carboxylic acids is 6. The van der Waals surface area contributed by atoms with E-state index in [0.717, 1.165) is 173 Å². The smallest absolute Gasteiger partial charge is 0.407 e. The topological polar surface area (TPSA) is 246 Å². The lowest BCUT2D eigenvalue weighted by molar-refractivity contribution is -0.139. The first-order chi connectivity index (χ1) is 67.5. The molecular formula is C102H111F15N14O8. The molecule has 12 atom stereocenters. The molecule has 4 saturated heterocycles. The first-order valence-electron chi connectivity index (χ1n) is 45.0. The molecule has 8 aromatic carbocycles. The first-order valence-corrected chi connectivity index (χ1v) is 45.0. The van der Waals surface area contributed by atoms with Gasteiger partial charge in [-0.3, -0.25) is 43.7 Å². The van der Waals surface area contributed by atoms with E-state index < -0.39 is 24.3 Å². The van der Waals surface area contributed by atoms with Gasteiger partial charge < -0.3 is 49.7 Å². The number of aromatic nitrogens is 4. The minimum absolute atomic E-state index is 0. The minimum Gasteiger partial charge on any atom is -0.453 e. The van der Waals surface area contributed by atoms with Crippen molar-refractivity contribution < 1.29 is 107 Å². The lowest BCUT2D eigenvalue weighted by Gasteiger charge is -2.38. The highest BCUT2D eigenvalue weighted by molar-refractivity contribution is 6.05. The van der Waals surface area contributed by atoms with Gasteiger partial charge in [0.05, 0.1) is 62.2 Å². The highest BCUT2D eigenvalue weighted by Crippen LogP contribution is 2.47. The number of carbonyl (C=O) groups is 6. The Bertz CT molecular complexity index is 5650. The number of H-pyrrole nitrogens is 2. The number of nitrogens with one attached hydrogen (secondary N) is 4. The summed E-state index contributed by atoms with van der Waals surface area (Å²) in [6, 6.07) is 70.6. The number of aromatic amines is 2. The zero-order valence-corrected chi connectivity index (χ0v) is 77.2. The average Bonchev–Trinajstić information content (AvgIpc) is 1.62. The van der Waals surface area contributed by atoms with E-state index >= 15 is 0 Å². The van der Waals surface area contributed by atoms with Crippen molar-refractivity contribution in [3.8, 4) is 44.8 Å². The Morgan fingerprint density at radius 1 is 0.360 bits per heavy atom. The number of likely N-dealkylation sites (tertiary alicyclic amines) is 4. The molecule has 4 N–H and O–H groups in total. The third kappa shape index (κ3) is 25.8. The van der Waals surface area contributed by atoms with E-state index in [-0.39, 0.29) is 76.7 Å². The molecule has 6 fully saturated rings. The molecule has 10 aromatic rings. The van der Waals surface area contributed by atoms with Gasteiger partial charge >= 0.3 is 12.2 Å². The lowest BCUT2D eigenvalue weighted by atomic mass is 9.84. The van der Waals surface area contributed by atoms with Crippen LogP contribution < -0.4 is 10.6 Å². The maximum atomic E-state index is 14.6. The predicted molar refractivity (Wildman–Crippen MR) is 502 cm³/mol. The number of aliphatic imine (C=N–C) groups is 2. The van der Waals surface area contributed by atoms with Crippen molar-refractivity contribution in [2.24, 2.45) is 21.8 Å². The molecule has 2 aliphatic carbocycles. The molecular weight excluding hydrogens is 1830 g/mol. The number of imidazole rings is 2. The molecule has 8 heterocycles. The molecule has 139 heavy (non-hydrogen) atoms. The summed E-state index contributed by atoms with van der Waals surface area (Å²) in [7, 11) is 10.6. The van der Waals surface area contributed by atoms with E-state index in [2.05, 4.69) is 140 Å². The summed E-state index contributed by atoms with van der Waals surface area (Å²) >= 11 is 0. The number of nitrogens with zero attached hydrogens (tertiary/aromatic N) is 10. The zero-order valence-electron chi connectivity index (χ0n) is 77.2. The SMILES string of the molecule is CN(C)[C@@H](C(=O)N1CCCC1c1ncc(-c2ccc(-c3ccc(C4=CN=C([C@@H]5CC6CCCCC6N5C(=O)[C@@H](c5ccccc5)N(C)C)C4)cc3)cc2)[nH]1)c1ccccc1.COC(=O)N[C@@H](C(=O)N1CCCC1c1ncc(-c2ccc(-c3ccc(C4=CN=C([C@@H]5CC6CCCCC6N5C(=O)[C@H](NC(=O)OC)c5ccccc5)C4)cc3)cc2)[nH]1)c1ccccc1.F.FF.FF.FF.FF.FF.FF.FF. The number of methoxy groups -OCH3 is 2. The summed E-state index contributed by atoms with van der Waals surface area (Å²) in [5.41, 5.74) is 18.4. The van der Waals surface area contributed by atoms with Crippen LogP contribution in [0.1, 0.15) is 184 Å². The molecule has 22 nitrogen and oxygen atoms in total. The van der Waals surface area contributed by atoms with Crippen LogP contribution in [0.15, 0.2) is 253 Å². The Labute approximate surface area is 795 Å². The quantitative estimate of drug-likeness (QED) is 0.0463. The van der Waals surface area contributed by atoms with E-state index in [1.807, 2.05) is 177 Å². The number of alkyl carbamates (subject to hydrolysis) is 2. The Morgan fingerprint density at radius 2 is 0.662 bits per heavy atom. The van der Waals surface area contributed by atoms with Crippen molar-refractivity contribution in [3.63, 3.8) is 0 Å². The summed E-state index contributed by atoms with van der Waals surface area (Å²) in [6.45, 7) is 1.28. The van der Waals surface area contributed by atoms with Gasteiger partial charge in [-0.15, -0.1) is 0 Å². The van der Waals surface area contributed by atoms with Gasteiger partial charge in [-0.2, -0.15) is 0 Å². The number of rotatable bonds is 22. The molecule has 2 saturated carbocycles. The fourth-order valence-corrected chi connectivity index (χ4v) is 20.6. The molecule has 742 valence electrons. The maximum absolute atomic E-state index is 14.6. The van der Waals surface area contributed by atoms with Gasteiger partial charge in [0, 0.05) is 126 Å². The van der Waals surface area contributed by atoms with Crippen LogP contribution in [0.25, 0.3) is 55.9 Å². The van der Waals surface area contributed by atoms with E-state index in [4.69, 9.17) is 93.5 Å². The summed E-state index contributed by atoms with van der Waals surface area (Å²) in [5, 5.41) is 5.55. The van der Waals surface area contributed by atoms with Crippen molar-refractivity contribution in [1.82, 2.24) is 60.0 Å². The van der Waals surface area contributed by atoms with Crippen LogP contribution in [0, 0.1) is 11.8 Å². The largest absolute Gasteiger partial charge is 0.453 e. The van der Waals surface area contributed by atoms with Crippen molar-refractivity contribution in [2.45, 2.75) is 163 Å². The zero-order chi connectivity index (χ0) is 99.5. The number of halogens is 15. The molecule has 37 heteroatoms. The summed E-state index contributed by atoms with van der Waals surface area (Å²) in [5.74, 6) is 2.46. The van der Waals surface area contributed by atoms with E-state index in [9.17, 15) is 28.8 Å². The maximum Gasteiger partial charge on any atom is 0.407 e. The molecule has 0 bridgehead atoms. The van der Waals surface area contributed by atoms with E-state index in [1.165, 1.54) is 44.6 Å². The van der Waals surface area contributed by atoms with Crippen LogP contribution in [-0.2, 0) is 28.7 Å². The highest BCUT2D eigenvalue weighted by Gasteiger charge is 2.51. The Morgan fingerprint density at radius 3 is 1.01 bits per heavy atom. The van der Waals surface area contributed by atoms with Crippen LogP contribution in [0.5, 0.6) is 0 Å². The fraction of sp³-hybridized carbons (Fsp3) is 0.353. The number of benzene rings is 8. The van der Waals surface area contributed by atoms with Crippen molar-refractivity contribution in [1.29, 1.82) is 0 Å². The van der Waals surface area contributed by atoms with Gasteiger partial charge in [-0.1, -0.05) is 244 Å². The average molecular weight is 1950 g/mol. The lowest BCUT2D eigenvalue weighted by Crippen LogP contribution is -2.51. The third-order valence-corrected chi connectivity index (χ3v) is 26.8. The van der Waals surface area contributed by atoms with Gasteiger partial charge in [0.1, 0.15) is 35.8 Å². The summed E-state index contributed by atoms with van der Waals surface area (Å²) in [4.78, 5) is 121. The highest BCUT2D eigenvalue weighted by atomic mass is 20.0. The number of allylic oxidation sites excluding steroid dienone is 2. The number of ether oxygens (including phenoxy) is 2. The van der Waals surface area contributed by atoms with Crippen LogP contribution in [0.3, 0.4) is 0 Å². The minimum atomic E-state index is -0.881. The molecule has 0 radical (unpaired) electrons. The molecule has 6 aliphatic heterocycles. The van der Waals surface area contributed by atoms with Crippen molar-refractivity contribution >= 4 is 58.4 Å². The second-order valence-electron chi connectivity index (χ2n) is 34.7. The molecule has 8 aliphatic rings. The van der Waals surface area contributed by atoms with Crippen LogP contribution in [0.2, 0.25) is 0 Å². The number of hydrogen-bond acceptors (Lipinski definition) is 14. The Balaban J connectivity index is 0.000000275. The standard InChI is InChI=1S/C51H53N7O6.C51H57N7O2.7F2.FH/c1-63-50(61)55-45(36-12-5-3-6-13-36)48(59)57-27-11-18-43(57)47-53-31-41(54-47)35-25-23-33(24-26-35)32-19-21-34(22-20-32)39-28-40(52-30-39)44-29-38-16-9-10-17-42(38)58(44)49(60)46(56-51(62)64-2)37-14-7-4-8-15-37;1-55(2)47(38-14-7-5-8-15-38)50(59)57-29-13-20-45(57)49-53-33-43(54-49)37-27-25-35(26-28-37)34-21-23-36(24-22-34)41-30-42(52-32-41)46-31-40-18-11-12-19-44(40)58(46)51(60)48(56(3)4)39-16-9-6-10-17-39;7*1-2;/h3-8,12-15,19-26,30-31,38,42-46H,9-11,16-18,27-29H2,1-2H3,(H,53,54)(H,55,61)(H,56,62);5-10,14-17,21-28,32-33,40,44-48H,11-13,18-20,29-31H2,1-4H3,(H,53,54);;;;;;;;1H/t38?,42?,43?,44-,45+,46+;40?,44?,45?,46-,47+,48+;;;;;;;;/m00......../s1. The van der Waals surface area contributed by atoms with Gasteiger partial charge in [0.2, 0.25) is 11.8 Å². The fourth-order valence-electron chi connectivity index (χ4n) is 20.6. The Kier molecular flexibility index (Phi) is 42.7. The van der Waals surface area contributed by atoms with E-state index in [1.54, 1.807) is 4.90 Å². The van der Waals surface area contributed by atoms with Gasteiger partial charge in [0.25, 0.3) is 11.8 Å². The second-order valence-corrected chi connectivity index (χ2v) is 34.7. The number of likely N-dealkylation sites (N-methyl/N-ethyl adjacent to an activating group) is 2. The molecule has 18 rings (SSSR count). The molecule has 6 amide bonds. The summed E-state index contributed by atoms with van der Waals surface area (Å²) < 4.78 is 122. The number of amides is 6. The molecule has 0 spiro atoms. The first kappa shape index (κ1) is 109. The predicted octanol–water partition coefficient (Wildman–Crippen LogP) is 24.3. The summed E-state index contributed by atoms with van der Waals surface area (Å²) in [6.07, 6.45) is 22.0. The monoisotopic (exact) mass is 1940 g/mol. The van der Waals surface area contributed by atoms with E-state index in [0.29, 0.717) is 36.2 Å². The molecule has 6 unspecified atom stereocenters. The van der Waals surface area contributed by atoms with Crippen molar-refractivity contribution in [2.75, 3.05) is 55.5 Å². The van der Waals surface area contributed by atoms with Crippen molar-refractivity contribution in [3.05, 3.63) is 288 Å². The number of fused-ring (bicyclic) bond motifs is 2. The van der Waals surface area contributed by atoms with Crippen LogP contribution in [-0.4, -0.2) is 176 Å². The number of hydrogen-bond donors (Lipinski definition) is 4. The van der Waals surface area contributed by atoms with Gasteiger partial charge in [0.15, 0.2) is 0 Å². The van der Waals surface area contributed by atoms with Gasteiger partial charge in [-0.25, -0.2) is 19.6 Å². The normalized spacial score (nSPS) is 19.8. The second kappa shape index (κ2) is 54.4. The third-order valence-electron chi connectivity index (χ3n) is 26.8.